The zero-order chi connectivity index (χ0) is 17.3. The molecule has 1 aliphatic rings. The van der Waals surface area contributed by atoms with E-state index in [2.05, 4.69) is 4.72 Å². The number of nitrogens with one attached hydrogen (secondary N) is 2. The van der Waals surface area contributed by atoms with Gasteiger partial charge in [0, 0.05) is 6.04 Å². The van der Waals surface area contributed by atoms with Crippen LogP contribution in [0, 0.1) is 0 Å². The van der Waals surface area contributed by atoms with Gasteiger partial charge >= 0.3 is 0 Å². The number of alkyl halides is 2. The molecule has 24 heavy (non-hydrogen) atoms. The summed E-state index contributed by atoms with van der Waals surface area (Å²) in [5.74, 6) is -3.38. The molecule has 0 aliphatic heterocycles. The molecule has 0 atom stereocenters. The fourth-order valence-corrected chi connectivity index (χ4v) is 4.19. The van der Waals surface area contributed by atoms with Crippen molar-refractivity contribution < 1.29 is 25.6 Å². The van der Waals surface area contributed by atoms with Gasteiger partial charge in [-0.3, -0.25) is 0 Å². The Bertz CT molecular complexity index is 783. The summed E-state index contributed by atoms with van der Waals surface area (Å²) in [5, 5.41) is 0. The van der Waals surface area contributed by atoms with E-state index in [-0.39, 0.29) is 23.3 Å². The van der Waals surface area contributed by atoms with E-state index in [1.54, 1.807) is 4.72 Å². The largest absolute Gasteiger partial charge is 0.325 e. The zero-order valence-electron chi connectivity index (χ0n) is 12.4. The minimum atomic E-state index is -4.28. The monoisotopic (exact) mass is 405 g/mol. The molecule has 12 heteroatoms. The molecule has 0 spiro atoms. The average molecular weight is 406 g/mol. The molecule has 4 N–H and O–H groups in total. The molecule has 0 radical (unpaired) electrons. The molecule has 138 valence electrons. The second kappa shape index (κ2) is 7.58. The Morgan fingerprint density at radius 1 is 1.12 bits per heavy atom. The van der Waals surface area contributed by atoms with Crippen LogP contribution >= 0.6 is 12.4 Å². The van der Waals surface area contributed by atoms with E-state index < -0.39 is 44.0 Å². The van der Waals surface area contributed by atoms with Crippen LogP contribution in [0.1, 0.15) is 12.8 Å². The number of rotatable bonds is 8. The van der Waals surface area contributed by atoms with Gasteiger partial charge in [-0.05, 0) is 31.0 Å². The molecule has 0 aromatic heterocycles. The Labute approximate surface area is 145 Å². The highest BCUT2D eigenvalue weighted by Crippen LogP contribution is 2.23. The molecular weight excluding hydrogens is 388 g/mol. The van der Waals surface area contributed by atoms with Gasteiger partial charge in [0.2, 0.25) is 20.0 Å². The van der Waals surface area contributed by atoms with Crippen molar-refractivity contribution in [2.24, 2.45) is 5.73 Å². The molecule has 1 fully saturated rings. The third-order valence-corrected chi connectivity index (χ3v) is 6.06. The molecule has 0 heterocycles. The normalized spacial score (nSPS) is 15.8. The highest BCUT2D eigenvalue weighted by Gasteiger charge is 2.31. The maximum absolute atomic E-state index is 13.1. The summed E-state index contributed by atoms with van der Waals surface area (Å²) < 4.78 is 78.4. The summed E-state index contributed by atoms with van der Waals surface area (Å²) in [6.45, 7) is -2.17. The van der Waals surface area contributed by atoms with Gasteiger partial charge in [0.05, 0.1) is 22.9 Å². The summed E-state index contributed by atoms with van der Waals surface area (Å²) >= 11 is 0. The highest BCUT2D eigenvalue weighted by atomic mass is 35.5. The van der Waals surface area contributed by atoms with Gasteiger partial charge in [0.1, 0.15) is 0 Å². The average Bonchev–Trinajstić information content (AvgIpc) is 3.29. The smallest absolute Gasteiger partial charge is 0.273 e. The highest BCUT2D eigenvalue weighted by molar-refractivity contribution is 7.90. The third-order valence-electron chi connectivity index (χ3n) is 3.14. The van der Waals surface area contributed by atoms with E-state index in [0.717, 1.165) is 25.0 Å². The molecule has 0 saturated heterocycles. The SMILES string of the molecule is Cl.NCC(F)(F)CNS(=O)(=O)c1cccc(S(=O)(=O)NC2CC2)c1. The first-order valence-corrected chi connectivity index (χ1v) is 9.72. The van der Waals surface area contributed by atoms with Crippen molar-refractivity contribution in [1.29, 1.82) is 0 Å². The predicted molar refractivity (Wildman–Crippen MR) is 86.2 cm³/mol. The topological polar surface area (TPSA) is 118 Å². The van der Waals surface area contributed by atoms with Crippen LogP contribution in [-0.2, 0) is 20.0 Å². The van der Waals surface area contributed by atoms with Crippen molar-refractivity contribution in [2.45, 2.75) is 34.6 Å². The fourth-order valence-electron chi connectivity index (χ4n) is 1.65. The summed E-state index contributed by atoms with van der Waals surface area (Å²) in [7, 11) is -8.12. The number of benzene rings is 1. The van der Waals surface area contributed by atoms with Crippen LogP contribution in [0.2, 0.25) is 0 Å². The van der Waals surface area contributed by atoms with Crippen molar-refractivity contribution in [2.75, 3.05) is 13.1 Å². The first kappa shape index (κ1) is 21.2. The molecular formula is C12H18ClF2N3O4S2. The van der Waals surface area contributed by atoms with Gasteiger partial charge in [-0.25, -0.2) is 35.1 Å². The molecule has 0 amide bonds. The van der Waals surface area contributed by atoms with E-state index >= 15 is 0 Å². The lowest BCUT2D eigenvalue weighted by Crippen LogP contribution is -2.41. The van der Waals surface area contributed by atoms with Gasteiger partial charge in [-0.1, -0.05) is 6.07 Å². The van der Waals surface area contributed by atoms with Gasteiger partial charge in [0.15, 0.2) is 0 Å². The number of nitrogens with two attached hydrogens (primary N) is 1. The summed E-state index contributed by atoms with van der Waals surface area (Å²) in [5.41, 5.74) is 4.84. The van der Waals surface area contributed by atoms with Crippen LogP contribution in [0.25, 0.3) is 0 Å². The van der Waals surface area contributed by atoms with Crippen molar-refractivity contribution in [3.05, 3.63) is 24.3 Å². The third kappa shape index (κ3) is 5.60. The molecule has 1 aromatic rings. The van der Waals surface area contributed by atoms with Crippen molar-refractivity contribution in [1.82, 2.24) is 9.44 Å². The first-order chi connectivity index (χ1) is 10.6. The number of halogens is 3. The van der Waals surface area contributed by atoms with Crippen molar-refractivity contribution >= 4 is 32.5 Å². The first-order valence-electron chi connectivity index (χ1n) is 6.76. The quantitative estimate of drug-likeness (QED) is 0.579. The Hall–Kier alpha value is -0.850. The van der Waals surface area contributed by atoms with E-state index in [1.165, 1.54) is 12.1 Å². The maximum Gasteiger partial charge on any atom is 0.273 e. The van der Waals surface area contributed by atoms with E-state index in [1.807, 2.05) is 0 Å². The van der Waals surface area contributed by atoms with Crippen molar-refractivity contribution in [3.63, 3.8) is 0 Å². The zero-order valence-corrected chi connectivity index (χ0v) is 14.9. The van der Waals surface area contributed by atoms with E-state index in [0.29, 0.717) is 0 Å². The fraction of sp³-hybridized carbons (Fsp3) is 0.500. The Morgan fingerprint density at radius 2 is 1.67 bits per heavy atom. The molecule has 2 rings (SSSR count). The molecule has 1 aromatic carbocycles. The molecule has 0 bridgehead atoms. The molecule has 1 aliphatic carbocycles. The van der Waals surface area contributed by atoms with Crippen LogP contribution in [-0.4, -0.2) is 41.9 Å². The van der Waals surface area contributed by atoms with Crippen LogP contribution < -0.4 is 15.2 Å². The van der Waals surface area contributed by atoms with Crippen LogP contribution in [0.15, 0.2) is 34.1 Å². The maximum atomic E-state index is 13.1. The van der Waals surface area contributed by atoms with Crippen LogP contribution in [0.5, 0.6) is 0 Å². The van der Waals surface area contributed by atoms with Crippen LogP contribution in [0.4, 0.5) is 8.78 Å². The summed E-state index contributed by atoms with van der Waals surface area (Å²) in [4.78, 5) is -0.651. The Kier molecular flexibility index (Phi) is 6.70. The Balaban J connectivity index is 0.00000288. The second-order valence-electron chi connectivity index (χ2n) is 5.26. The number of sulfonamides is 2. The van der Waals surface area contributed by atoms with Gasteiger partial charge < -0.3 is 5.73 Å². The minimum absolute atomic E-state index is 0. The van der Waals surface area contributed by atoms with E-state index in [9.17, 15) is 25.6 Å². The number of hydrogen-bond acceptors (Lipinski definition) is 5. The summed E-state index contributed by atoms with van der Waals surface area (Å²) in [6.07, 6.45) is 1.46. The predicted octanol–water partition coefficient (Wildman–Crippen LogP) is 0.421. The number of hydrogen-bond donors (Lipinski definition) is 3. The van der Waals surface area contributed by atoms with E-state index in [4.69, 9.17) is 5.73 Å². The minimum Gasteiger partial charge on any atom is -0.325 e. The van der Waals surface area contributed by atoms with Gasteiger partial charge in [0.25, 0.3) is 5.92 Å². The van der Waals surface area contributed by atoms with Gasteiger partial charge in [-0.15, -0.1) is 12.4 Å². The van der Waals surface area contributed by atoms with Crippen molar-refractivity contribution in [3.8, 4) is 0 Å². The Morgan fingerprint density at radius 3 is 2.17 bits per heavy atom. The summed E-state index contributed by atoms with van der Waals surface area (Å²) in [6, 6.07) is 4.38. The lowest BCUT2D eigenvalue weighted by atomic mass is 10.3. The molecule has 1 saturated carbocycles. The standard InChI is InChI=1S/C12H17F2N3O4S2.ClH/c13-12(14,7-15)8-16-22(18,19)10-2-1-3-11(6-10)23(20,21)17-9-4-5-9;/h1-3,6,9,16-17H,4-5,7-8,15H2;1H. The van der Waals surface area contributed by atoms with Crippen LogP contribution in [0.3, 0.4) is 0 Å². The second-order valence-corrected chi connectivity index (χ2v) is 8.74. The lowest BCUT2D eigenvalue weighted by molar-refractivity contribution is 0.0170. The lowest BCUT2D eigenvalue weighted by Gasteiger charge is -2.15. The van der Waals surface area contributed by atoms with Gasteiger partial charge in [-0.2, -0.15) is 0 Å². The molecule has 7 nitrogen and oxygen atoms in total. The molecule has 0 unspecified atom stereocenters.